The van der Waals surface area contributed by atoms with Gasteiger partial charge in [-0.15, -0.1) is 0 Å². The first-order valence-corrected chi connectivity index (χ1v) is 7.12. The van der Waals surface area contributed by atoms with Crippen LogP contribution in [0.15, 0.2) is 24.3 Å². The first kappa shape index (κ1) is 14.9. The highest BCUT2D eigenvalue weighted by Gasteiger charge is 2.42. The molecular formula is C16H24N2O2. The van der Waals surface area contributed by atoms with Crippen molar-refractivity contribution in [3.8, 4) is 0 Å². The molecule has 1 aromatic carbocycles. The van der Waals surface area contributed by atoms with Crippen LogP contribution in [0.5, 0.6) is 0 Å². The number of carbonyl (C=O) groups is 1. The van der Waals surface area contributed by atoms with Gasteiger partial charge in [-0.05, 0) is 29.9 Å². The van der Waals surface area contributed by atoms with Crippen molar-refractivity contribution in [1.82, 2.24) is 5.32 Å². The summed E-state index contributed by atoms with van der Waals surface area (Å²) in [6, 6.07) is 7.64. The van der Waals surface area contributed by atoms with E-state index in [0.717, 1.165) is 24.1 Å². The van der Waals surface area contributed by atoms with Crippen molar-refractivity contribution in [2.24, 2.45) is 5.41 Å². The minimum atomic E-state index is -0.207. The molecule has 0 heterocycles. The molecule has 0 unspecified atom stereocenters. The van der Waals surface area contributed by atoms with Gasteiger partial charge in [0.05, 0.1) is 6.61 Å². The highest BCUT2D eigenvalue weighted by atomic mass is 16.3. The molecule has 4 heteroatoms. The molecule has 0 saturated heterocycles. The average molecular weight is 276 g/mol. The number of urea groups is 1. The maximum Gasteiger partial charge on any atom is 0.319 e. The van der Waals surface area contributed by atoms with Crippen LogP contribution in [-0.4, -0.2) is 24.3 Å². The van der Waals surface area contributed by atoms with E-state index in [1.165, 1.54) is 0 Å². The number of amides is 2. The van der Waals surface area contributed by atoms with Crippen molar-refractivity contribution in [2.75, 3.05) is 18.5 Å². The molecule has 1 aromatic rings. The van der Waals surface area contributed by atoms with Gasteiger partial charge in [-0.3, -0.25) is 0 Å². The fourth-order valence-electron chi connectivity index (χ4n) is 2.25. The summed E-state index contributed by atoms with van der Waals surface area (Å²) in [5, 5.41) is 15.0. The van der Waals surface area contributed by atoms with Crippen LogP contribution in [0.1, 0.15) is 39.2 Å². The second-order valence-electron chi connectivity index (χ2n) is 6.76. The molecule has 1 aliphatic carbocycles. The van der Waals surface area contributed by atoms with Gasteiger partial charge in [-0.2, -0.15) is 0 Å². The molecule has 1 fully saturated rings. The van der Waals surface area contributed by atoms with Crippen molar-refractivity contribution in [3.05, 3.63) is 29.8 Å². The molecular weight excluding hydrogens is 252 g/mol. The van der Waals surface area contributed by atoms with Gasteiger partial charge in [0.25, 0.3) is 0 Å². The van der Waals surface area contributed by atoms with Crippen LogP contribution in [0.2, 0.25) is 0 Å². The first-order chi connectivity index (χ1) is 9.36. The predicted molar refractivity (Wildman–Crippen MR) is 80.9 cm³/mol. The maximum atomic E-state index is 12.0. The first-order valence-electron chi connectivity index (χ1n) is 7.12. The Morgan fingerprint density at radius 3 is 2.50 bits per heavy atom. The second kappa shape index (κ2) is 5.44. The second-order valence-corrected chi connectivity index (χ2v) is 6.76. The number of hydrogen-bond acceptors (Lipinski definition) is 2. The van der Waals surface area contributed by atoms with Crippen molar-refractivity contribution < 1.29 is 9.90 Å². The van der Waals surface area contributed by atoms with Gasteiger partial charge in [0, 0.05) is 17.6 Å². The zero-order valence-corrected chi connectivity index (χ0v) is 12.5. The zero-order valence-electron chi connectivity index (χ0n) is 12.5. The summed E-state index contributed by atoms with van der Waals surface area (Å²) in [7, 11) is 0. The summed E-state index contributed by atoms with van der Waals surface area (Å²) in [6.45, 7) is 7.04. The number of rotatable bonds is 4. The SMILES string of the molecule is CC(C)(C)c1ccccc1NC(=O)NCC1(CO)CC1. The van der Waals surface area contributed by atoms with Crippen LogP contribution in [0.25, 0.3) is 0 Å². The number of hydrogen-bond donors (Lipinski definition) is 3. The third kappa shape index (κ3) is 3.51. The van der Waals surface area contributed by atoms with Crippen LogP contribution in [-0.2, 0) is 5.41 Å². The predicted octanol–water partition coefficient (Wildman–Crippen LogP) is 2.88. The highest BCUT2D eigenvalue weighted by Crippen LogP contribution is 2.44. The molecule has 4 nitrogen and oxygen atoms in total. The topological polar surface area (TPSA) is 61.4 Å². The molecule has 1 saturated carbocycles. The summed E-state index contributed by atoms with van der Waals surface area (Å²) < 4.78 is 0. The monoisotopic (exact) mass is 276 g/mol. The molecule has 3 N–H and O–H groups in total. The van der Waals surface area contributed by atoms with Crippen molar-refractivity contribution in [1.29, 1.82) is 0 Å². The van der Waals surface area contributed by atoms with E-state index in [2.05, 4.69) is 31.4 Å². The third-order valence-electron chi connectivity index (χ3n) is 3.90. The molecule has 0 aliphatic heterocycles. The number of benzene rings is 1. The lowest BCUT2D eigenvalue weighted by Gasteiger charge is -2.23. The van der Waals surface area contributed by atoms with E-state index in [0.29, 0.717) is 6.54 Å². The van der Waals surface area contributed by atoms with E-state index in [1.54, 1.807) is 0 Å². The van der Waals surface area contributed by atoms with Crippen LogP contribution >= 0.6 is 0 Å². The van der Waals surface area contributed by atoms with Gasteiger partial charge < -0.3 is 15.7 Å². The lowest BCUT2D eigenvalue weighted by atomic mass is 9.86. The van der Waals surface area contributed by atoms with Crippen LogP contribution < -0.4 is 10.6 Å². The normalized spacial score (nSPS) is 16.6. The van der Waals surface area contributed by atoms with E-state index in [9.17, 15) is 9.90 Å². The third-order valence-corrected chi connectivity index (χ3v) is 3.90. The lowest BCUT2D eigenvalue weighted by Crippen LogP contribution is -2.35. The Bertz CT molecular complexity index is 487. The Morgan fingerprint density at radius 1 is 1.30 bits per heavy atom. The van der Waals surface area contributed by atoms with Crippen molar-refractivity contribution >= 4 is 11.7 Å². The van der Waals surface area contributed by atoms with Gasteiger partial charge in [0.1, 0.15) is 0 Å². The summed E-state index contributed by atoms with van der Waals surface area (Å²) in [5.41, 5.74) is 1.86. The molecule has 0 radical (unpaired) electrons. The molecule has 0 aromatic heterocycles. The fourth-order valence-corrected chi connectivity index (χ4v) is 2.25. The van der Waals surface area contributed by atoms with E-state index < -0.39 is 0 Å². The molecule has 0 spiro atoms. The Balaban J connectivity index is 1.98. The lowest BCUT2D eigenvalue weighted by molar-refractivity contribution is 0.206. The van der Waals surface area contributed by atoms with E-state index >= 15 is 0 Å². The van der Waals surface area contributed by atoms with Gasteiger partial charge in [0.15, 0.2) is 0 Å². The van der Waals surface area contributed by atoms with E-state index in [1.807, 2.05) is 24.3 Å². The summed E-state index contributed by atoms with van der Waals surface area (Å²) in [4.78, 5) is 12.0. The highest BCUT2D eigenvalue weighted by molar-refractivity contribution is 5.90. The van der Waals surface area contributed by atoms with Crippen molar-refractivity contribution in [3.63, 3.8) is 0 Å². The minimum Gasteiger partial charge on any atom is -0.396 e. The summed E-state index contributed by atoms with van der Waals surface area (Å²) in [6.07, 6.45) is 1.98. The van der Waals surface area contributed by atoms with Crippen LogP contribution in [0.3, 0.4) is 0 Å². The number of aliphatic hydroxyl groups is 1. The summed E-state index contributed by atoms with van der Waals surface area (Å²) in [5.74, 6) is 0. The number of aliphatic hydroxyl groups excluding tert-OH is 1. The number of nitrogens with one attached hydrogen (secondary N) is 2. The van der Waals surface area contributed by atoms with Gasteiger partial charge in [0.2, 0.25) is 0 Å². The molecule has 20 heavy (non-hydrogen) atoms. The Hall–Kier alpha value is -1.55. The largest absolute Gasteiger partial charge is 0.396 e. The smallest absolute Gasteiger partial charge is 0.319 e. The molecule has 0 atom stereocenters. The van der Waals surface area contributed by atoms with Gasteiger partial charge >= 0.3 is 6.03 Å². The molecule has 110 valence electrons. The Morgan fingerprint density at radius 2 is 1.95 bits per heavy atom. The molecule has 2 rings (SSSR count). The fraction of sp³-hybridized carbons (Fsp3) is 0.562. The minimum absolute atomic E-state index is 0.0211. The Kier molecular flexibility index (Phi) is 4.04. The molecule has 0 bridgehead atoms. The number of anilines is 1. The van der Waals surface area contributed by atoms with E-state index in [4.69, 9.17) is 0 Å². The standard InChI is InChI=1S/C16H24N2O2/c1-15(2,3)12-6-4-5-7-13(12)18-14(20)17-10-16(11-19)8-9-16/h4-7,19H,8-11H2,1-3H3,(H2,17,18,20). The quantitative estimate of drug-likeness (QED) is 0.792. The van der Waals surface area contributed by atoms with Crippen LogP contribution in [0.4, 0.5) is 10.5 Å². The molecule has 2 amide bonds. The van der Waals surface area contributed by atoms with Crippen molar-refractivity contribution in [2.45, 2.75) is 39.0 Å². The van der Waals surface area contributed by atoms with Gasteiger partial charge in [-0.25, -0.2) is 4.79 Å². The Labute approximate surface area is 120 Å². The average Bonchev–Trinajstić information content (AvgIpc) is 3.16. The maximum absolute atomic E-state index is 12.0. The van der Waals surface area contributed by atoms with Gasteiger partial charge in [-0.1, -0.05) is 39.0 Å². The van der Waals surface area contributed by atoms with E-state index in [-0.39, 0.29) is 23.5 Å². The number of carbonyl (C=O) groups excluding carboxylic acids is 1. The summed E-state index contributed by atoms with van der Waals surface area (Å²) >= 11 is 0. The molecule has 1 aliphatic rings. The number of para-hydroxylation sites is 1. The zero-order chi connectivity index (χ0) is 14.8. The van der Waals surface area contributed by atoms with Crippen LogP contribution in [0, 0.1) is 5.41 Å².